The van der Waals surface area contributed by atoms with Gasteiger partial charge in [0.15, 0.2) is 0 Å². The third-order valence-electron chi connectivity index (χ3n) is 6.27. The minimum atomic E-state index is 0.264. The van der Waals surface area contributed by atoms with Crippen molar-refractivity contribution < 1.29 is 0 Å². The van der Waals surface area contributed by atoms with Gasteiger partial charge in [0, 0.05) is 30.7 Å². The zero-order valence-electron chi connectivity index (χ0n) is 13.8. The van der Waals surface area contributed by atoms with Crippen molar-refractivity contribution in [2.75, 3.05) is 26.2 Å². The van der Waals surface area contributed by atoms with Crippen molar-refractivity contribution in [3.8, 4) is 6.07 Å². The summed E-state index contributed by atoms with van der Waals surface area (Å²) < 4.78 is 0. The molecule has 4 nitrogen and oxygen atoms in total. The zero-order valence-corrected chi connectivity index (χ0v) is 13.8. The van der Waals surface area contributed by atoms with Crippen LogP contribution in [-0.2, 0) is 0 Å². The molecular weight excluding hydrogens is 260 g/mol. The maximum absolute atomic E-state index is 8.94. The summed E-state index contributed by atoms with van der Waals surface area (Å²) in [4.78, 5) is 5.10. The molecule has 2 aliphatic heterocycles. The lowest BCUT2D eigenvalue weighted by atomic mass is 9.73. The smallest absolute Gasteiger partial charge is 0.0717 e. The third-order valence-corrected chi connectivity index (χ3v) is 6.27. The van der Waals surface area contributed by atoms with E-state index in [1.165, 1.54) is 32.4 Å². The van der Waals surface area contributed by atoms with E-state index in [9.17, 15) is 0 Å². The molecule has 1 saturated carbocycles. The molecule has 2 atom stereocenters. The third kappa shape index (κ3) is 2.72. The lowest BCUT2D eigenvalue weighted by Crippen LogP contribution is -2.52. The quantitative estimate of drug-likeness (QED) is 0.800. The van der Waals surface area contributed by atoms with Gasteiger partial charge in [-0.3, -0.25) is 9.80 Å². The van der Waals surface area contributed by atoms with E-state index in [1.54, 1.807) is 0 Å². The Morgan fingerprint density at radius 2 is 1.81 bits per heavy atom. The SMILES string of the molecule is CC(C)(C)N1CCC2(CC1)CC(N1CC(C#N)C1)CC2N. The van der Waals surface area contributed by atoms with Crippen LogP contribution in [-0.4, -0.2) is 53.6 Å². The monoisotopic (exact) mass is 290 g/mol. The Balaban J connectivity index is 1.59. The van der Waals surface area contributed by atoms with E-state index in [4.69, 9.17) is 11.0 Å². The fourth-order valence-corrected chi connectivity index (χ4v) is 4.62. The summed E-state index contributed by atoms with van der Waals surface area (Å²) in [5.74, 6) is 0.264. The van der Waals surface area contributed by atoms with Gasteiger partial charge in [0.05, 0.1) is 12.0 Å². The molecule has 0 amide bonds. The molecule has 21 heavy (non-hydrogen) atoms. The molecule has 1 spiro atoms. The van der Waals surface area contributed by atoms with Gasteiger partial charge < -0.3 is 5.73 Å². The van der Waals surface area contributed by atoms with E-state index >= 15 is 0 Å². The number of nitrogens with zero attached hydrogens (tertiary/aromatic N) is 3. The van der Waals surface area contributed by atoms with Crippen LogP contribution in [0.1, 0.15) is 46.5 Å². The van der Waals surface area contributed by atoms with Gasteiger partial charge in [-0.25, -0.2) is 0 Å². The average Bonchev–Trinajstić information content (AvgIpc) is 2.65. The maximum atomic E-state index is 8.94. The Morgan fingerprint density at radius 1 is 1.19 bits per heavy atom. The molecule has 2 N–H and O–H groups in total. The lowest BCUT2D eigenvalue weighted by Gasteiger charge is -2.47. The number of likely N-dealkylation sites (tertiary alicyclic amines) is 2. The second-order valence-corrected chi connectivity index (χ2v) is 8.50. The molecule has 118 valence electrons. The second kappa shape index (κ2) is 5.22. The van der Waals surface area contributed by atoms with Gasteiger partial charge in [-0.2, -0.15) is 5.26 Å². The fraction of sp³-hybridized carbons (Fsp3) is 0.941. The number of nitrogens with two attached hydrogens (primary N) is 1. The van der Waals surface area contributed by atoms with Crippen LogP contribution >= 0.6 is 0 Å². The van der Waals surface area contributed by atoms with Gasteiger partial charge in [0.1, 0.15) is 0 Å². The molecule has 1 aliphatic carbocycles. The predicted octanol–water partition coefficient (Wildman–Crippen LogP) is 1.81. The van der Waals surface area contributed by atoms with Crippen molar-refractivity contribution in [3.05, 3.63) is 0 Å². The molecule has 3 rings (SSSR count). The molecule has 0 radical (unpaired) electrons. The van der Waals surface area contributed by atoms with Crippen LogP contribution in [0.15, 0.2) is 0 Å². The molecule has 3 fully saturated rings. The molecule has 3 aliphatic rings. The van der Waals surface area contributed by atoms with E-state index in [0.29, 0.717) is 17.5 Å². The highest BCUT2D eigenvalue weighted by atomic mass is 15.2. The molecule has 0 aromatic heterocycles. The Hall–Kier alpha value is -0.630. The Kier molecular flexibility index (Phi) is 3.80. The normalized spacial score (nSPS) is 34.8. The van der Waals surface area contributed by atoms with Crippen LogP contribution in [0, 0.1) is 22.7 Å². The maximum Gasteiger partial charge on any atom is 0.0717 e. The summed E-state index contributed by atoms with van der Waals surface area (Å²) in [7, 11) is 0. The second-order valence-electron chi connectivity index (χ2n) is 8.50. The van der Waals surface area contributed by atoms with Gasteiger partial charge in [0.2, 0.25) is 0 Å². The minimum absolute atomic E-state index is 0.264. The highest BCUT2D eigenvalue weighted by Gasteiger charge is 2.50. The van der Waals surface area contributed by atoms with Crippen molar-refractivity contribution in [2.45, 2.75) is 64.1 Å². The molecule has 2 heterocycles. The number of hydrogen-bond donors (Lipinski definition) is 1. The predicted molar refractivity (Wildman–Crippen MR) is 84.7 cm³/mol. The molecule has 4 heteroatoms. The van der Waals surface area contributed by atoms with Crippen molar-refractivity contribution in [1.29, 1.82) is 5.26 Å². The Morgan fingerprint density at radius 3 is 2.33 bits per heavy atom. The largest absolute Gasteiger partial charge is 0.327 e. The Labute approximate surface area is 129 Å². The fourth-order valence-electron chi connectivity index (χ4n) is 4.62. The van der Waals surface area contributed by atoms with Crippen molar-refractivity contribution in [1.82, 2.24) is 9.80 Å². The van der Waals surface area contributed by atoms with E-state index < -0.39 is 0 Å². The molecule has 0 aromatic rings. The molecule has 0 aromatic carbocycles. The van der Waals surface area contributed by atoms with Crippen LogP contribution in [0.25, 0.3) is 0 Å². The van der Waals surface area contributed by atoms with E-state index in [0.717, 1.165) is 19.5 Å². The first-order valence-electron chi connectivity index (χ1n) is 8.48. The first-order chi connectivity index (χ1) is 9.84. The number of hydrogen-bond acceptors (Lipinski definition) is 4. The summed E-state index contributed by atoms with van der Waals surface area (Å²) in [6.45, 7) is 11.2. The average molecular weight is 290 g/mol. The highest BCUT2D eigenvalue weighted by Crippen LogP contribution is 2.48. The minimum Gasteiger partial charge on any atom is -0.327 e. The van der Waals surface area contributed by atoms with Crippen molar-refractivity contribution >= 4 is 0 Å². The summed E-state index contributed by atoms with van der Waals surface area (Å²) in [5, 5.41) is 8.94. The highest BCUT2D eigenvalue weighted by molar-refractivity contribution is 5.07. The van der Waals surface area contributed by atoms with Gasteiger partial charge in [-0.15, -0.1) is 0 Å². The van der Waals surface area contributed by atoms with Crippen LogP contribution < -0.4 is 5.73 Å². The van der Waals surface area contributed by atoms with Crippen LogP contribution in [0.5, 0.6) is 0 Å². The number of rotatable bonds is 1. The summed E-state index contributed by atoms with van der Waals surface area (Å²) in [6, 6.07) is 3.36. The first-order valence-corrected chi connectivity index (χ1v) is 8.48. The van der Waals surface area contributed by atoms with Gasteiger partial charge in [0.25, 0.3) is 0 Å². The van der Waals surface area contributed by atoms with Crippen molar-refractivity contribution in [2.24, 2.45) is 17.1 Å². The number of nitriles is 1. The van der Waals surface area contributed by atoms with Crippen LogP contribution in [0.3, 0.4) is 0 Å². The van der Waals surface area contributed by atoms with E-state index in [-0.39, 0.29) is 11.5 Å². The summed E-state index contributed by atoms with van der Waals surface area (Å²) in [5.41, 5.74) is 7.21. The molecular formula is C17H30N4. The molecule has 0 bridgehead atoms. The Bertz CT molecular complexity index is 419. The topological polar surface area (TPSA) is 56.3 Å². The summed E-state index contributed by atoms with van der Waals surface area (Å²) in [6.07, 6.45) is 4.88. The summed E-state index contributed by atoms with van der Waals surface area (Å²) >= 11 is 0. The molecule has 2 unspecified atom stereocenters. The van der Waals surface area contributed by atoms with Gasteiger partial charge in [-0.1, -0.05) is 0 Å². The first kappa shape index (κ1) is 15.3. The van der Waals surface area contributed by atoms with Crippen molar-refractivity contribution in [3.63, 3.8) is 0 Å². The zero-order chi connectivity index (χ0) is 15.3. The number of piperidine rings is 1. The molecule has 2 saturated heterocycles. The van der Waals surface area contributed by atoms with Gasteiger partial charge >= 0.3 is 0 Å². The van der Waals surface area contributed by atoms with Crippen LogP contribution in [0.4, 0.5) is 0 Å². The van der Waals surface area contributed by atoms with Gasteiger partial charge in [-0.05, 0) is 65.0 Å². The van der Waals surface area contributed by atoms with E-state index in [1.807, 2.05) is 0 Å². The standard InChI is InChI=1S/C17H30N4/c1-16(2,3)21-6-4-17(5-7-21)9-14(8-15(17)19)20-11-13(10-18)12-20/h13-15H,4-9,11-12,19H2,1-3H3. The van der Waals surface area contributed by atoms with E-state index in [2.05, 4.69) is 36.6 Å². The van der Waals surface area contributed by atoms with Crippen LogP contribution in [0.2, 0.25) is 0 Å². The lowest BCUT2D eigenvalue weighted by molar-refractivity contribution is 0.0269.